The van der Waals surface area contributed by atoms with Crippen LogP contribution in [0.5, 0.6) is 0 Å². The van der Waals surface area contributed by atoms with Crippen molar-refractivity contribution in [2.24, 2.45) is 11.8 Å². The van der Waals surface area contributed by atoms with E-state index in [1.54, 1.807) is 0 Å². The number of hydrogen-bond acceptors (Lipinski definition) is 2. The molecule has 1 aromatic heterocycles. The van der Waals surface area contributed by atoms with Crippen molar-refractivity contribution in [2.45, 2.75) is 20.3 Å². The molecule has 3 heteroatoms. The quantitative estimate of drug-likeness (QED) is 0.867. The van der Waals surface area contributed by atoms with Gasteiger partial charge in [0.2, 0.25) is 0 Å². The van der Waals surface area contributed by atoms with E-state index in [0.717, 1.165) is 18.4 Å². The predicted molar refractivity (Wildman–Crippen MR) is 68.0 cm³/mol. The van der Waals surface area contributed by atoms with Crippen molar-refractivity contribution >= 4 is 27.3 Å². The number of hydrogen-bond donors (Lipinski definition) is 1. The van der Waals surface area contributed by atoms with Crippen LogP contribution in [0.3, 0.4) is 0 Å². The van der Waals surface area contributed by atoms with E-state index in [1.165, 1.54) is 15.8 Å². The molecule has 80 valence electrons. The maximum Gasteiger partial charge on any atom is 0.0314 e. The Labute approximate surface area is 99.0 Å². The molecule has 0 radical (unpaired) electrons. The highest BCUT2D eigenvalue weighted by molar-refractivity contribution is 9.10. The highest BCUT2D eigenvalue weighted by Crippen LogP contribution is 2.27. The molecule has 14 heavy (non-hydrogen) atoms. The first kappa shape index (κ1) is 12.2. The molecule has 0 bridgehead atoms. The zero-order chi connectivity index (χ0) is 10.6. The number of nitrogens with one attached hydrogen (secondary N) is 1. The van der Waals surface area contributed by atoms with Gasteiger partial charge in [0.15, 0.2) is 0 Å². The van der Waals surface area contributed by atoms with E-state index in [0.29, 0.717) is 0 Å². The van der Waals surface area contributed by atoms with Crippen LogP contribution in [0.1, 0.15) is 18.7 Å². The zero-order valence-corrected chi connectivity index (χ0v) is 11.4. The molecule has 0 fully saturated rings. The van der Waals surface area contributed by atoms with Crippen LogP contribution in [0.4, 0.5) is 0 Å². The molecule has 0 saturated heterocycles. The van der Waals surface area contributed by atoms with E-state index >= 15 is 0 Å². The average molecular weight is 276 g/mol. The lowest BCUT2D eigenvalue weighted by atomic mass is 9.92. The van der Waals surface area contributed by atoms with E-state index < -0.39 is 0 Å². The molecule has 0 saturated carbocycles. The van der Waals surface area contributed by atoms with Crippen LogP contribution in [0.25, 0.3) is 0 Å². The van der Waals surface area contributed by atoms with E-state index in [4.69, 9.17) is 0 Å². The minimum absolute atomic E-state index is 0.731. The van der Waals surface area contributed by atoms with Crippen LogP contribution >= 0.6 is 27.3 Å². The Morgan fingerprint density at radius 3 is 2.64 bits per heavy atom. The molecular formula is C11H18BrNS. The van der Waals surface area contributed by atoms with Crippen LogP contribution < -0.4 is 5.32 Å². The smallest absolute Gasteiger partial charge is 0.0314 e. The second kappa shape index (κ2) is 5.89. The van der Waals surface area contributed by atoms with Gasteiger partial charge in [0.25, 0.3) is 0 Å². The van der Waals surface area contributed by atoms with Crippen molar-refractivity contribution < 1.29 is 0 Å². The molecule has 0 amide bonds. The molecule has 1 heterocycles. The van der Waals surface area contributed by atoms with E-state index in [2.05, 4.69) is 46.5 Å². The largest absolute Gasteiger partial charge is 0.319 e. The summed E-state index contributed by atoms with van der Waals surface area (Å²) >= 11 is 5.43. The van der Waals surface area contributed by atoms with Gasteiger partial charge in [-0.25, -0.2) is 0 Å². The summed E-state index contributed by atoms with van der Waals surface area (Å²) in [5.41, 5.74) is 0. The fraction of sp³-hybridized carbons (Fsp3) is 0.636. The van der Waals surface area contributed by atoms with Gasteiger partial charge in [0, 0.05) is 9.35 Å². The summed E-state index contributed by atoms with van der Waals surface area (Å²) in [5.74, 6) is 1.46. The lowest BCUT2D eigenvalue weighted by molar-refractivity contribution is 0.372. The second-order valence-electron chi connectivity index (χ2n) is 3.96. The van der Waals surface area contributed by atoms with E-state index in [1.807, 2.05) is 18.4 Å². The third kappa shape index (κ3) is 3.37. The normalized spacial score (nSPS) is 13.5. The molecule has 0 aromatic carbocycles. The highest BCUT2D eigenvalue weighted by atomic mass is 79.9. The predicted octanol–water partition coefficient (Wildman–Crippen LogP) is 3.54. The summed E-state index contributed by atoms with van der Waals surface area (Å²) in [6, 6.07) is 2.14. The molecule has 1 rings (SSSR count). The van der Waals surface area contributed by atoms with Gasteiger partial charge in [-0.1, -0.05) is 13.8 Å². The monoisotopic (exact) mass is 275 g/mol. The van der Waals surface area contributed by atoms with E-state index in [-0.39, 0.29) is 0 Å². The Balaban J connectivity index is 2.60. The Hall–Kier alpha value is 0.140. The Morgan fingerprint density at radius 2 is 2.21 bits per heavy atom. The topological polar surface area (TPSA) is 12.0 Å². The van der Waals surface area contributed by atoms with Gasteiger partial charge < -0.3 is 5.32 Å². The lowest BCUT2D eigenvalue weighted by Gasteiger charge is -2.19. The van der Waals surface area contributed by atoms with Crippen LogP contribution in [0, 0.1) is 11.8 Å². The molecule has 0 aliphatic rings. The molecule has 0 spiro atoms. The van der Waals surface area contributed by atoms with Crippen LogP contribution in [0.15, 0.2) is 15.9 Å². The molecule has 0 aliphatic carbocycles. The maximum absolute atomic E-state index is 3.59. The van der Waals surface area contributed by atoms with Crippen molar-refractivity contribution in [3.8, 4) is 0 Å². The minimum atomic E-state index is 0.731. The number of rotatable bonds is 5. The lowest BCUT2D eigenvalue weighted by Crippen LogP contribution is -2.24. The van der Waals surface area contributed by atoms with Crippen molar-refractivity contribution in [1.82, 2.24) is 5.32 Å². The summed E-state index contributed by atoms with van der Waals surface area (Å²) in [5, 5.41) is 5.42. The first-order valence-corrected chi connectivity index (χ1v) is 6.69. The van der Waals surface area contributed by atoms with Crippen molar-refractivity contribution in [3.05, 3.63) is 20.8 Å². The number of halogens is 1. The van der Waals surface area contributed by atoms with Crippen LogP contribution in [-0.2, 0) is 6.42 Å². The van der Waals surface area contributed by atoms with Gasteiger partial charge in [-0.2, -0.15) is 0 Å². The van der Waals surface area contributed by atoms with Gasteiger partial charge in [-0.05, 0) is 59.2 Å². The molecular weight excluding hydrogens is 258 g/mol. The number of thiophene rings is 1. The van der Waals surface area contributed by atoms with Crippen LogP contribution in [0.2, 0.25) is 0 Å². The van der Waals surface area contributed by atoms with E-state index in [9.17, 15) is 0 Å². The van der Waals surface area contributed by atoms with Crippen molar-refractivity contribution in [1.29, 1.82) is 0 Å². The zero-order valence-electron chi connectivity index (χ0n) is 9.01. The van der Waals surface area contributed by atoms with Gasteiger partial charge >= 0.3 is 0 Å². The SMILES string of the molecule is CNCC(Cc1sccc1Br)C(C)C. The molecule has 1 nitrogen and oxygen atoms in total. The molecule has 1 N–H and O–H groups in total. The molecule has 1 aromatic rings. The first-order chi connectivity index (χ1) is 6.65. The molecule has 0 aliphatic heterocycles. The molecule has 1 atom stereocenters. The maximum atomic E-state index is 3.59. The fourth-order valence-corrected chi connectivity index (χ4v) is 3.12. The third-order valence-corrected chi connectivity index (χ3v) is 4.50. The Kier molecular flexibility index (Phi) is 5.13. The van der Waals surface area contributed by atoms with Crippen molar-refractivity contribution in [2.75, 3.05) is 13.6 Å². The summed E-state index contributed by atoms with van der Waals surface area (Å²) in [6.07, 6.45) is 1.18. The third-order valence-electron chi connectivity index (χ3n) is 2.55. The van der Waals surface area contributed by atoms with Gasteiger partial charge in [-0.3, -0.25) is 0 Å². The summed E-state index contributed by atoms with van der Waals surface area (Å²) in [6.45, 7) is 5.69. The van der Waals surface area contributed by atoms with Gasteiger partial charge in [0.05, 0.1) is 0 Å². The molecule has 1 unspecified atom stereocenters. The summed E-state index contributed by atoms with van der Waals surface area (Å²) < 4.78 is 1.27. The average Bonchev–Trinajstić information content (AvgIpc) is 2.51. The summed E-state index contributed by atoms with van der Waals surface area (Å²) in [7, 11) is 2.03. The highest BCUT2D eigenvalue weighted by Gasteiger charge is 2.15. The second-order valence-corrected chi connectivity index (χ2v) is 5.81. The summed E-state index contributed by atoms with van der Waals surface area (Å²) in [4.78, 5) is 1.47. The van der Waals surface area contributed by atoms with Crippen molar-refractivity contribution in [3.63, 3.8) is 0 Å². The Morgan fingerprint density at radius 1 is 1.50 bits per heavy atom. The minimum Gasteiger partial charge on any atom is -0.319 e. The standard InChI is InChI=1S/C11H18BrNS/c1-8(2)9(7-13-3)6-11-10(12)4-5-14-11/h4-5,8-9,13H,6-7H2,1-3H3. The fourth-order valence-electron chi connectivity index (χ4n) is 1.51. The van der Waals surface area contributed by atoms with Gasteiger partial charge in [-0.15, -0.1) is 11.3 Å². The van der Waals surface area contributed by atoms with Gasteiger partial charge in [0.1, 0.15) is 0 Å². The Bertz CT molecular complexity index is 270. The van der Waals surface area contributed by atoms with Crippen LogP contribution in [-0.4, -0.2) is 13.6 Å². The first-order valence-electron chi connectivity index (χ1n) is 5.01.